The maximum Gasteiger partial charge on any atom is 0.230 e. The van der Waals surface area contributed by atoms with Gasteiger partial charge in [0.2, 0.25) is 5.91 Å². The Morgan fingerprint density at radius 3 is 2.67 bits per heavy atom. The molecule has 6 heteroatoms. The molecule has 1 amide bonds. The summed E-state index contributed by atoms with van der Waals surface area (Å²) in [6.45, 7) is 5.80. The molecule has 0 bridgehead atoms. The van der Waals surface area contributed by atoms with Gasteiger partial charge in [0.25, 0.3) is 0 Å². The smallest absolute Gasteiger partial charge is 0.230 e. The molecule has 0 aliphatic heterocycles. The van der Waals surface area contributed by atoms with Crippen molar-refractivity contribution in [3.05, 3.63) is 29.8 Å². The van der Waals surface area contributed by atoms with Crippen LogP contribution in [0.1, 0.15) is 27.2 Å². The molecule has 0 saturated heterocycles. The Kier molecular flexibility index (Phi) is 6.61. The van der Waals surface area contributed by atoms with Crippen molar-refractivity contribution < 1.29 is 18.7 Å². The Hall–Kier alpha value is -1.14. The van der Waals surface area contributed by atoms with Crippen molar-refractivity contribution in [2.75, 3.05) is 12.3 Å². The van der Waals surface area contributed by atoms with Crippen LogP contribution in [0.3, 0.4) is 0 Å². The van der Waals surface area contributed by atoms with Crippen LogP contribution in [0.15, 0.2) is 23.1 Å². The van der Waals surface area contributed by atoms with E-state index in [1.54, 1.807) is 6.92 Å². The van der Waals surface area contributed by atoms with Gasteiger partial charge in [-0.3, -0.25) is 4.79 Å². The van der Waals surface area contributed by atoms with Crippen molar-refractivity contribution in [2.24, 2.45) is 5.92 Å². The van der Waals surface area contributed by atoms with Gasteiger partial charge in [0, 0.05) is 17.5 Å². The van der Waals surface area contributed by atoms with Gasteiger partial charge in [0.05, 0.1) is 11.4 Å². The van der Waals surface area contributed by atoms with E-state index in [-0.39, 0.29) is 23.1 Å². The average molecular weight is 317 g/mol. The van der Waals surface area contributed by atoms with Gasteiger partial charge in [-0.1, -0.05) is 13.8 Å². The number of amides is 1. The summed E-state index contributed by atoms with van der Waals surface area (Å²) in [4.78, 5) is 11.9. The summed E-state index contributed by atoms with van der Waals surface area (Å²) in [5.74, 6) is -1.29. The van der Waals surface area contributed by atoms with E-state index < -0.39 is 17.2 Å². The molecule has 0 aliphatic carbocycles. The highest BCUT2D eigenvalue weighted by molar-refractivity contribution is 8.00. The second-order valence-electron chi connectivity index (χ2n) is 5.74. The molecule has 1 rings (SSSR count). The minimum absolute atomic E-state index is 0.0142. The van der Waals surface area contributed by atoms with Gasteiger partial charge < -0.3 is 10.4 Å². The molecule has 2 N–H and O–H groups in total. The van der Waals surface area contributed by atoms with Gasteiger partial charge >= 0.3 is 0 Å². The molecule has 3 nitrogen and oxygen atoms in total. The fourth-order valence-electron chi connectivity index (χ4n) is 2.03. The minimum atomic E-state index is -0.963. The fourth-order valence-corrected chi connectivity index (χ4v) is 2.78. The number of halogens is 2. The Morgan fingerprint density at radius 1 is 1.43 bits per heavy atom. The molecule has 0 saturated carbocycles. The van der Waals surface area contributed by atoms with Gasteiger partial charge in [-0.2, -0.15) is 0 Å². The molecule has 1 aromatic carbocycles. The van der Waals surface area contributed by atoms with E-state index in [9.17, 15) is 18.7 Å². The number of carbonyl (C=O) groups excluding carboxylic acids is 1. The monoisotopic (exact) mass is 317 g/mol. The fraction of sp³-hybridized carbons (Fsp3) is 0.533. The van der Waals surface area contributed by atoms with Crippen LogP contribution in [0.4, 0.5) is 8.78 Å². The largest absolute Gasteiger partial charge is 0.388 e. The molecule has 0 aromatic heterocycles. The lowest BCUT2D eigenvalue weighted by molar-refractivity contribution is -0.119. The van der Waals surface area contributed by atoms with Crippen LogP contribution < -0.4 is 5.32 Å². The second-order valence-corrected chi connectivity index (χ2v) is 6.75. The highest BCUT2D eigenvalue weighted by Gasteiger charge is 2.22. The molecule has 1 atom stereocenters. The quantitative estimate of drug-likeness (QED) is 0.760. The summed E-state index contributed by atoms with van der Waals surface area (Å²) < 4.78 is 26.1. The van der Waals surface area contributed by atoms with E-state index in [4.69, 9.17) is 0 Å². The number of benzene rings is 1. The van der Waals surface area contributed by atoms with Crippen LogP contribution in [-0.2, 0) is 4.79 Å². The van der Waals surface area contributed by atoms with Crippen LogP contribution in [-0.4, -0.2) is 28.9 Å². The topological polar surface area (TPSA) is 49.3 Å². The van der Waals surface area contributed by atoms with E-state index >= 15 is 0 Å². The van der Waals surface area contributed by atoms with Crippen molar-refractivity contribution in [1.29, 1.82) is 0 Å². The van der Waals surface area contributed by atoms with Crippen molar-refractivity contribution in [2.45, 2.75) is 37.7 Å². The summed E-state index contributed by atoms with van der Waals surface area (Å²) in [5.41, 5.74) is -0.963. The third-order valence-corrected chi connectivity index (χ3v) is 3.82. The maximum atomic E-state index is 13.4. The lowest BCUT2D eigenvalue weighted by atomic mass is 9.94. The van der Waals surface area contributed by atoms with E-state index in [1.807, 2.05) is 13.8 Å². The summed E-state index contributed by atoms with van der Waals surface area (Å²) in [6.07, 6.45) is 0.576. The third-order valence-electron chi connectivity index (χ3n) is 2.77. The maximum absolute atomic E-state index is 13.4. The molecule has 0 fully saturated rings. The lowest BCUT2D eigenvalue weighted by Gasteiger charge is -2.25. The summed E-state index contributed by atoms with van der Waals surface area (Å²) in [6, 6.07) is 3.24. The zero-order chi connectivity index (χ0) is 16.0. The number of thioether (sulfide) groups is 1. The first-order valence-corrected chi connectivity index (χ1v) is 7.75. The Morgan fingerprint density at radius 2 is 2.10 bits per heavy atom. The number of hydrogen-bond donors (Lipinski definition) is 2. The van der Waals surface area contributed by atoms with Crippen LogP contribution in [0.25, 0.3) is 0 Å². The highest BCUT2D eigenvalue weighted by atomic mass is 32.2. The molecular weight excluding hydrogens is 296 g/mol. The number of carbonyl (C=O) groups is 1. The normalized spacial score (nSPS) is 14.0. The van der Waals surface area contributed by atoms with E-state index in [1.165, 1.54) is 6.07 Å². The Bertz CT molecular complexity index is 493. The molecule has 0 heterocycles. The van der Waals surface area contributed by atoms with Gasteiger partial charge in [-0.15, -0.1) is 11.8 Å². The van der Waals surface area contributed by atoms with Crippen molar-refractivity contribution >= 4 is 17.7 Å². The van der Waals surface area contributed by atoms with E-state index in [0.717, 1.165) is 23.9 Å². The zero-order valence-electron chi connectivity index (χ0n) is 12.5. The first-order chi connectivity index (χ1) is 9.69. The molecule has 118 valence electrons. The number of aliphatic hydroxyl groups is 1. The molecule has 0 aliphatic rings. The van der Waals surface area contributed by atoms with Crippen molar-refractivity contribution in [3.8, 4) is 0 Å². The van der Waals surface area contributed by atoms with E-state index in [2.05, 4.69) is 5.32 Å². The summed E-state index contributed by atoms with van der Waals surface area (Å²) in [7, 11) is 0. The van der Waals surface area contributed by atoms with E-state index in [0.29, 0.717) is 12.3 Å². The predicted octanol–water partition coefficient (Wildman–Crippen LogP) is 2.97. The van der Waals surface area contributed by atoms with Crippen LogP contribution in [0.5, 0.6) is 0 Å². The molecule has 1 aromatic rings. The van der Waals surface area contributed by atoms with Gasteiger partial charge in [-0.25, -0.2) is 8.78 Å². The molecule has 0 radical (unpaired) electrons. The predicted molar refractivity (Wildman–Crippen MR) is 80.2 cm³/mol. The van der Waals surface area contributed by atoms with Crippen molar-refractivity contribution in [1.82, 2.24) is 5.32 Å². The minimum Gasteiger partial charge on any atom is -0.388 e. The van der Waals surface area contributed by atoms with Crippen LogP contribution >= 0.6 is 11.8 Å². The average Bonchev–Trinajstić information content (AvgIpc) is 2.34. The SMILES string of the molecule is CC(C)CC(C)(O)CNC(=O)CSc1ccc(F)cc1F. The van der Waals surface area contributed by atoms with Gasteiger partial charge in [-0.05, 0) is 31.4 Å². The summed E-state index contributed by atoms with van der Waals surface area (Å²) >= 11 is 0.993. The number of nitrogens with one attached hydrogen (secondary N) is 1. The zero-order valence-corrected chi connectivity index (χ0v) is 13.3. The Labute approximate surface area is 128 Å². The van der Waals surface area contributed by atoms with Gasteiger partial charge in [0.15, 0.2) is 0 Å². The molecule has 0 spiro atoms. The first-order valence-electron chi connectivity index (χ1n) is 6.76. The first kappa shape index (κ1) is 17.9. The second kappa shape index (κ2) is 7.75. The summed E-state index contributed by atoms with van der Waals surface area (Å²) in [5, 5.41) is 12.7. The number of hydrogen-bond acceptors (Lipinski definition) is 3. The number of rotatable bonds is 7. The molecular formula is C15H21F2NO2S. The van der Waals surface area contributed by atoms with Crippen LogP contribution in [0.2, 0.25) is 0 Å². The van der Waals surface area contributed by atoms with Crippen molar-refractivity contribution in [3.63, 3.8) is 0 Å². The third kappa shape index (κ3) is 6.91. The molecule has 21 heavy (non-hydrogen) atoms. The lowest BCUT2D eigenvalue weighted by Crippen LogP contribution is -2.42. The highest BCUT2D eigenvalue weighted by Crippen LogP contribution is 2.22. The Balaban J connectivity index is 2.41. The standard InChI is InChI=1S/C15H21F2NO2S/c1-10(2)7-15(3,20)9-18-14(19)8-21-13-5-4-11(16)6-12(13)17/h4-6,10,20H,7-9H2,1-3H3,(H,18,19). The van der Waals surface area contributed by atoms with Crippen LogP contribution in [0, 0.1) is 17.6 Å². The van der Waals surface area contributed by atoms with Gasteiger partial charge in [0.1, 0.15) is 11.6 Å². The molecule has 1 unspecified atom stereocenters.